The number of hydrogen-bond acceptors (Lipinski definition) is 2. The smallest absolute Gasteiger partial charge is 0.252 e. The summed E-state index contributed by atoms with van der Waals surface area (Å²) in [6.45, 7) is 0. The van der Waals surface area contributed by atoms with Crippen LogP contribution in [-0.4, -0.2) is 4.98 Å². The minimum Gasteiger partial charge on any atom is -0.385 e. The Morgan fingerprint density at radius 3 is 2.92 bits per heavy atom. The zero-order valence-electron chi connectivity index (χ0n) is 6.89. The van der Waals surface area contributed by atoms with E-state index in [1.54, 1.807) is 0 Å². The second kappa shape index (κ2) is 2.66. The summed E-state index contributed by atoms with van der Waals surface area (Å²) in [5, 5.41) is 0. The minimum atomic E-state index is 0.00435. The highest BCUT2D eigenvalue weighted by atomic mass is 16.1. The number of nitrogens with two attached hydrogens (primary N) is 1. The molecule has 1 aliphatic carbocycles. The van der Waals surface area contributed by atoms with Gasteiger partial charge in [-0.2, -0.15) is 0 Å². The first-order valence-corrected chi connectivity index (χ1v) is 4.28. The zero-order chi connectivity index (χ0) is 8.55. The van der Waals surface area contributed by atoms with Crippen molar-refractivity contribution < 1.29 is 0 Å². The molecule has 0 aromatic carbocycles. The van der Waals surface area contributed by atoms with Gasteiger partial charge in [0, 0.05) is 5.56 Å². The minimum absolute atomic E-state index is 0.00435. The van der Waals surface area contributed by atoms with Gasteiger partial charge in [-0.1, -0.05) is 0 Å². The maximum Gasteiger partial charge on any atom is 0.252 e. The van der Waals surface area contributed by atoms with E-state index >= 15 is 0 Å². The molecule has 0 spiro atoms. The standard InChI is InChI=1S/C9H12N2O/c10-8-5-6-3-1-2-4-7(6)9(12)11-8/h5H,1-4H2,(H3,10,11,12). The lowest BCUT2D eigenvalue weighted by Gasteiger charge is -2.14. The molecule has 0 saturated carbocycles. The molecule has 1 aromatic heterocycles. The molecule has 1 aromatic rings. The van der Waals surface area contributed by atoms with E-state index in [9.17, 15) is 4.79 Å². The summed E-state index contributed by atoms with van der Waals surface area (Å²) in [7, 11) is 0. The van der Waals surface area contributed by atoms with Crippen molar-refractivity contribution in [3.05, 3.63) is 27.5 Å². The summed E-state index contributed by atoms with van der Waals surface area (Å²) >= 11 is 0. The Morgan fingerprint density at radius 1 is 1.33 bits per heavy atom. The molecule has 0 saturated heterocycles. The molecule has 0 radical (unpaired) electrons. The molecule has 0 aliphatic heterocycles. The SMILES string of the molecule is Nc1cc2c(c(=O)[nH]1)CCCC2. The van der Waals surface area contributed by atoms with Crippen LogP contribution < -0.4 is 11.3 Å². The van der Waals surface area contributed by atoms with Crippen molar-refractivity contribution in [3.63, 3.8) is 0 Å². The van der Waals surface area contributed by atoms with Crippen molar-refractivity contribution in [2.75, 3.05) is 5.73 Å². The van der Waals surface area contributed by atoms with Crippen LogP contribution in [0.3, 0.4) is 0 Å². The Morgan fingerprint density at radius 2 is 2.08 bits per heavy atom. The number of rotatable bonds is 0. The van der Waals surface area contributed by atoms with Gasteiger partial charge in [-0.15, -0.1) is 0 Å². The summed E-state index contributed by atoms with van der Waals surface area (Å²) in [4.78, 5) is 14.0. The quantitative estimate of drug-likeness (QED) is 0.596. The van der Waals surface area contributed by atoms with E-state index in [2.05, 4.69) is 4.98 Å². The van der Waals surface area contributed by atoms with E-state index in [1.807, 2.05) is 6.07 Å². The number of aromatic amines is 1. The molecule has 3 nitrogen and oxygen atoms in total. The summed E-state index contributed by atoms with van der Waals surface area (Å²) in [5.41, 5.74) is 7.61. The van der Waals surface area contributed by atoms with Gasteiger partial charge >= 0.3 is 0 Å². The fraction of sp³-hybridized carbons (Fsp3) is 0.444. The average molecular weight is 164 g/mol. The Kier molecular flexibility index (Phi) is 1.64. The highest BCUT2D eigenvalue weighted by molar-refractivity contribution is 5.38. The van der Waals surface area contributed by atoms with Gasteiger partial charge in [-0.05, 0) is 37.3 Å². The van der Waals surface area contributed by atoms with Gasteiger partial charge in [-0.25, -0.2) is 0 Å². The van der Waals surface area contributed by atoms with E-state index in [4.69, 9.17) is 5.73 Å². The molecule has 12 heavy (non-hydrogen) atoms. The first kappa shape index (κ1) is 7.40. The maximum absolute atomic E-state index is 11.3. The van der Waals surface area contributed by atoms with E-state index < -0.39 is 0 Å². The third kappa shape index (κ3) is 1.11. The van der Waals surface area contributed by atoms with Crippen LogP contribution in [0.25, 0.3) is 0 Å². The second-order valence-electron chi connectivity index (χ2n) is 3.26. The molecule has 0 unspecified atom stereocenters. The van der Waals surface area contributed by atoms with Crippen molar-refractivity contribution >= 4 is 5.82 Å². The van der Waals surface area contributed by atoms with Crippen LogP contribution in [0.5, 0.6) is 0 Å². The van der Waals surface area contributed by atoms with Crippen LogP contribution in [-0.2, 0) is 12.8 Å². The van der Waals surface area contributed by atoms with Gasteiger partial charge in [0.1, 0.15) is 5.82 Å². The van der Waals surface area contributed by atoms with Crippen molar-refractivity contribution in [2.45, 2.75) is 25.7 Å². The number of H-pyrrole nitrogens is 1. The number of aryl methyl sites for hydroxylation is 1. The van der Waals surface area contributed by atoms with E-state index in [-0.39, 0.29) is 5.56 Å². The van der Waals surface area contributed by atoms with Crippen LogP contribution in [0.1, 0.15) is 24.0 Å². The highest BCUT2D eigenvalue weighted by Crippen LogP contribution is 2.18. The molecule has 64 valence electrons. The molecule has 0 fully saturated rings. The van der Waals surface area contributed by atoms with Gasteiger partial charge in [0.2, 0.25) is 0 Å². The fourth-order valence-electron chi connectivity index (χ4n) is 1.78. The number of nitrogens with one attached hydrogen (secondary N) is 1. The number of hydrogen-bond donors (Lipinski definition) is 2. The molecular weight excluding hydrogens is 152 g/mol. The average Bonchev–Trinajstić information content (AvgIpc) is 2.04. The molecule has 0 bridgehead atoms. The number of pyridine rings is 1. The number of fused-ring (bicyclic) bond motifs is 1. The van der Waals surface area contributed by atoms with E-state index in [1.165, 1.54) is 6.42 Å². The number of aromatic nitrogens is 1. The van der Waals surface area contributed by atoms with Crippen LogP contribution >= 0.6 is 0 Å². The van der Waals surface area contributed by atoms with Crippen LogP contribution in [0.4, 0.5) is 5.82 Å². The van der Waals surface area contributed by atoms with Crippen molar-refractivity contribution in [1.29, 1.82) is 0 Å². The van der Waals surface area contributed by atoms with Gasteiger partial charge in [0.25, 0.3) is 5.56 Å². The fourth-order valence-corrected chi connectivity index (χ4v) is 1.78. The van der Waals surface area contributed by atoms with Crippen molar-refractivity contribution in [3.8, 4) is 0 Å². The molecular formula is C9H12N2O. The van der Waals surface area contributed by atoms with Crippen LogP contribution in [0, 0.1) is 0 Å². The number of nitrogen functional groups attached to an aromatic ring is 1. The van der Waals surface area contributed by atoms with Gasteiger partial charge in [-0.3, -0.25) is 4.79 Å². The lowest BCUT2D eigenvalue weighted by molar-refractivity contribution is 0.677. The zero-order valence-corrected chi connectivity index (χ0v) is 6.89. The summed E-state index contributed by atoms with van der Waals surface area (Å²) < 4.78 is 0. The molecule has 2 rings (SSSR count). The first-order chi connectivity index (χ1) is 5.77. The van der Waals surface area contributed by atoms with Crippen molar-refractivity contribution in [2.24, 2.45) is 0 Å². The van der Waals surface area contributed by atoms with Crippen LogP contribution in [0.15, 0.2) is 10.9 Å². The molecule has 1 aliphatic rings. The Bertz CT molecular complexity index is 354. The maximum atomic E-state index is 11.3. The predicted molar refractivity (Wildman–Crippen MR) is 48.1 cm³/mol. The third-order valence-corrected chi connectivity index (χ3v) is 2.37. The molecule has 0 atom stereocenters. The first-order valence-electron chi connectivity index (χ1n) is 4.28. The topological polar surface area (TPSA) is 58.9 Å². The Labute approximate surface area is 70.6 Å². The summed E-state index contributed by atoms with van der Waals surface area (Å²) in [6.07, 6.45) is 4.21. The highest BCUT2D eigenvalue weighted by Gasteiger charge is 2.12. The lowest BCUT2D eigenvalue weighted by atomic mass is 9.93. The normalized spacial score (nSPS) is 15.7. The summed E-state index contributed by atoms with van der Waals surface area (Å²) in [6, 6.07) is 1.88. The van der Waals surface area contributed by atoms with E-state index in [0.29, 0.717) is 5.82 Å². The van der Waals surface area contributed by atoms with Crippen molar-refractivity contribution in [1.82, 2.24) is 4.98 Å². The molecule has 0 amide bonds. The van der Waals surface area contributed by atoms with Gasteiger partial charge in [0.15, 0.2) is 0 Å². The van der Waals surface area contributed by atoms with Crippen LogP contribution in [0.2, 0.25) is 0 Å². The predicted octanol–water partition coefficient (Wildman–Crippen LogP) is 0.836. The molecule has 3 heteroatoms. The second-order valence-corrected chi connectivity index (χ2v) is 3.26. The molecule has 1 heterocycles. The number of anilines is 1. The Balaban J connectivity index is 2.60. The largest absolute Gasteiger partial charge is 0.385 e. The van der Waals surface area contributed by atoms with E-state index in [0.717, 1.165) is 30.4 Å². The summed E-state index contributed by atoms with van der Waals surface area (Å²) in [5.74, 6) is 0.487. The van der Waals surface area contributed by atoms with Gasteiger partial charge in [0.05, 0.1) is 0 Å². The third-order valence-electron chi connectivity index (χ3n) is 2.37. The molecule has 3 N–H and O–H groups in total. The van der Waals surface area contributed by atoms with Gasteiger partial charge < -0.3 is 10.7 Å². The lowest BCUT2D eigenvalue weighted by Crippen LogP contribution is -2.19. The Hall–Kier alpha value is -1.25. The monoisotopic (exact) mass is 164 g/mol.